The Bertz CT molecular complexity index is 407. The molecule has 4 nitrogen and oxygen atoms in total. The maximum Gasteiger partial charge on any atom is 0.339 e. The van der Waals surface area contributed by atoms with Crippen LogP contribution in [0.2, 0.25) is 0 Å². The maximum atomic E-state index is 11.4. The fraction of sp³-hybridized carbons (Fsp3) is 0.417. The minimum Gasteiger partial charge on any atom is -0.465 e. The highest BCUT2D eigenvalue weighted by Gasteiger charge is 2.14. The number of methoxy groups -OCH3 is 1. The monoisotopic (exact) mass is 255 g/mol. The van der Waals surface area contributed by atoms with Gasteiger partial charge in [-0.15, -0.1) is 11.8 Å². The molecular weight excluding hydrogens is 238 g/mol. The molecule has 0 aliphatic carbocycles. The van der Waals surface area contributed by atoms with Gasteiger partial charge in [0.2, 0.25) is 0 Å². The summed E-state index contributed by atoms with van der Waals surface area (Å²) in [6.45, 7) is 3.65. The van der Waals surface area contributed by atoms with Gasteiger partial charge in [-0.25, -0.2) is 4.79 Å². The molecule has 0 fully saturated rings. The van der Waals surface area contributed by atoms with Crippen molar-refractivity contribution in [3.8, 4) is 0 Å². The van der Waals surface area contributed by atoms with E-state index in [1.165, 1.54) is 18.9 Å². The van der Waals surface area contributed by atoms with Gasteiger partial charge in [0.1, 0.15) is 0 Å². The zero-order chi connectivity index (χ0) is 13.0. The summed E-state index contributed by atoms with van der Waals surface area (Å²) in [5.74, 6) is -0.449. The SMILES string of the molecule is COC(=O)c1cc(SC(C)C(C)O)ccc1N. The lowest BCUT2D eigenvalue weighted by atomic mass is 10.2. The van der Waals surface area contributed by atoms with E-state index in [0.29, 0.717) is 11.3 Å². The maximum absolute atomic E-state index is 11.4. The number of carbonyl (C=O) groups is 1. The molecule has 0 saturated carbocycles. The minimum absolute atomic E-state index is 0.0455. The Morgan fingerprint density at radius 3 is 2.65 bits per heavy atom. The minimum atomic E-state index is -0.449. The second-order valence-electron chi connectivity index (χ2n) is 3.80. The Labute approximate surface area is 105 Å². The van der Waals surface area contributed by atoms with E-state index in [4.69, 9.17) is 5.73 Å². The molecule has 0 radical (unpaired) electrons. The topological polar surface area (TPSA) is 72.5 Å². The van der Waals surface area contributed by atoms with Gasteiger partial charge < -0.3 is 15.6 Å². The van der Waals surface area contributed by atoms with Crippen molar-refractivity contribution in [2.75, 3.05) is 12.8 Å². The number of nitrogen functional groups attached to an aromatic ring is 1. The molecular formula is C12H17NO3S. The van der Waals surface area contributed by atoms with Crippen LogP contribution in [-0.4, -0.2) is 29.5 Å². The fourth-order valence-corrected chi connectivity index (χ4v) is 2.17. The number of ether oxygens (including phenoxy) is 1. The molecule has 94 valence electrons. The third-order valence-corrected chi connectivity index (χ3v) is 3.72. The van der Waals surface area contributed by atoms with E-state index in [0.717, 1.165) is 4.90 Å². The first-order valence-electron chi connectivity index (χ1n) is 5.28. The van der Waals surface area contributed by atoms with Crippen LogP contribution in [0.3, 0.4) is 0 Å². The molecule has 0 aliphatic heterocycles. The number of thioether (sulfide) groups is 1. The van der Waals surface area contributed by atoms with E-state index in [2.05, 4.69) is 4.74 Å². The van der Waals surface area contributed by atoms with Crippen LogP contribution in [0.15, 0.2) is 23.1 Å². The molecule has 1 aromatic rings. The molecule has 1 rings (SSSR count). The van der Waals surface area contributed by atoms with E-state index in [-0.39, 0.29) is 5.25 Å². The lowest BCUT2D eigenvalue weighted by molar-refractivity contribution is 0.0601. The van der Waals surface area contributed by atoms with Crippen LogP contribution >= 0.6 is 11.8 Å². The highest BCUT2D eigenvalue weighted by atomic mass is 32.2. The summed E-state index contributed by atoms with van der Waals surface area (Å²) in [7, 11) is 1.32. The Morgan fingerprint density at radius 2 is 2.12 bits per heavy atom. The highest BCUT2D eigenvalue weighted by Crippen LogP contribution is 2.28. The van der Waals surface area contributed by atoms with Crippen molar-refractivity contribution >= 4 is 23.4 Å². The van der Waals surface area contributed by atoms with Gasteiger partial charge in [-0.05, 0) is 25.1 Å². The Balaban J connectivity index is 2.93. The van der Waals surface area contributed by atoms with Crippen LogP contribution in [0.25, 0.3) is 0 Å². The summed E-state index contributed by atoms with van der Waals surface area (Å²) < 4.78 is 4.65. The number of carbonyl (C=O) groups excluding carboxylic acids is 1. The first-order valence-corrected chi connectivity index (χ1v) is 6.16. The van der Waals surface area contributed by atoms with Crippen LogP contribution in [-0.2, 0) is 4.74 Å². The van der Waals surface area contributed by atoms with Crippen molar-refractivity contribution in [2.24, 2.45) is 0 Å². The number of benzene rings is 1. The quantitative estimate of drug-likeness (QED) is 0.488. The first kappa shape index (κ1) is 13.9. The van der Waals surface area contributed by atoms with Gasteiger partial charge in [0.05, 0.1) is 18.8 Å². The Morgan fingerprint density at radius 1 is 1.47 bits per heavy atom. The van der Waals surface area contributed by atoms with Crippen LogP contribution in [0.1, 0.15) is 24.2 Å². The molecule has 17 heavy (non-hydrogen) atoms. The molecule has 0 heterocycles. The summed E-state index contributed by atoms with van der Waals surface area (Å²) in [5.41, 5.74) is 6.45. The van der Waals surface area contributed by atoms with Gasteiger partial charge in [-0.3, -0.25) is 0 Å². The predicted octanol–water partition coefficient (Wildman–Crippen LogP) is 1.92. The summed E-state index contributed by atoms with van der Waals surface area (Å²) in [6.07, 6.45) is -0.417. The number of nitrogens with two attached hydrogens (primary N) is 1. The Kier molecular flexibility index (Phi) is 4.84. The summed E-state index contributed by atoms with van der Waals surface area (Å²) >= 11 is 1.49. The number of aliphatic hydroxyl groups excluding tert-OH is 1. The molecule has 0 spiro atoms. The van der Waals surface area contributed by atoms with E-state index in [1.54, 1.807) is 19.1 Å². The van der Waals surface area contributed by atoms with E-state index >= 15 is 0 Å². The second-order valence-corrected chi connectivity index (χ2v) is 5.25. The van der Waals surface area contributed by atoms with Gasteiger partial charge in [0.25, 0.3) is 0 Å². The van der Waals surface area contributed by atoms with Gasteiger partial charge >= 0.3 is 5.97 Å². The van der Waals surface area contributed by atoms with Gasteiger partial charge in [-0.1, -0.05) is 6.92 Å². The van der Waals surface area contributed by atoms with E-state index in [9.17, 15) is 9.90 Å². The summed E-state index contributed by atoms with van der Waals surface area (Å²) in [6, 6.07) is 5.18. The fourth-order valence-electron chi connectivity index (χ4n) is 1.21. The van der Waals surface area contributed by atoms with Crippen molar-refractivity contribution in [1.29, 1.82) is 0 Å². The molecule has 0 bridgehead atoms. The van der Waals surface area contributed by atoms with E-state index in [1.807, 2.05) is 13.0 Å². The summed E-state index contributed by atoms with van der Waals surface area (Å²) in [4.78, 5) is 12.3. The molecule has 2 atom stereocenters. The second kappa shape index (κ2) is 5.93. The average Bonchev–Trinajstić information content (AvgIpc) is 2.30. The van der Waals surface area contributed by atoms with E-state index < -0.39 is 12.1 Å². The number of esters is 1. The van der Waals surface area contributed by atoms with Gasteiger partial charge in [0.15, 0.2) is 0 Å². The van der Waals surface area contributed by atoms with Crippen molar-refractivity contribution in [1.82, 2.24) is 0 Å². The molecule has 5 heteroatoms. The molecule has 2 unspecified atom stereocenters. The van der Waals surface area contributed by atoms with Crippen LogP contribution in [0, 0.1) is 0 Å². The molecule has 3 N–H and O–H groups in total. The molecule has 0 amide bonds. The molecule has 0 aliphatic rings. The smallest absolute Gasteiger partial charge is 0.339 e. The van der Waals surface area contributed by atoms with Crippen molar-refractivity contribution in [3.05, 3.63) is 23.8 Å². The standard InChI is InChI=1S/C12H17NO3S/c1-7(14)8(2)17-9-4-5-11(13)10(6-9)12(15)16-3/h4-8,14H,13H2,1-3H3. The predicted molar refractivity (Wildman–Crippen MR) is 69.2 cm³/mol. The Hall–Kier alpha value is -1.20. The summed E-state index contributed by atoms with van der Waals surface area (Å²) in [5, 5.41) is 9.47. The highest BCUT2D eigenvalue weighted by molar-refractivity contribution is 8.00. The van der Waals surface area contributed by atoms with Crippen LogP contribution in [0.5, 0.6) is 0 Å². The van der Waals surface area contributed by atoms with Crippen molar-refractivity contribution in [3.63, 3.8) is 0 Å². The number of rotatable bonds is 4. The first-order chi connectivity index (χ1) is 7.95. The van der Waals surface area contributed by atoms with Gasteiger partial charge in [0, 0.05) is 15.8 Å². The van der Waals surface area contributed by atoms with Crippen molar-refractivity contribution < 1.29 is 14.6 Å². The average molecular weight is 255 g/mol. The van der Waals surface area contributed by atoms with Crippen LogP contribution in [0.4, 0.5) is 5.69 Å². The zero-order valence-corrected chi connectivity index (χ0v) is 11.0. The van der Waals surface area contributed by atoms with Crippen LogP contribution < -0.4 is 5.73 Å². The zero-order valence-electron chi connectivity index (χ0n) is 10.1. The number of anilines is 1. The van der Waals surface area contributed by atoms with Crippen molar-refractivity contribution in [2.45, 2.75) is 30.1 Å². The largest absolute Gasteiger partial charge is 0.465 e. The molecule has 0 saturated heterocycles. The molecule has 0 aromatic heterocycles. The van der Waals surface area contributed by atoms with Gasteiger partial charge in [-0.2, -0.15) is 0 Å². The lowest BCUT2D eigenvalue weighted by Gasteiger charge is -2.14. The number of hydrogen-bond donors (Lipinski definition) is 2. The third-order valence-electron chi connectivity index (χ3n) is 2.43. The number of aliphatic hydroxyl groups is 1. The molecule has 1 aromatic carbocycles. The normalized spacial score (nSPS) is 14.1. The third kappa shape index (κ3) is 3.64. The lowest BCUT2D eigenvalue weighted by Crippen LogP contribution is -2.15. The number of hydrogen-bond acceptors (Lipinski definition) is 5.